The van der Waals surface area contributed by atoms with Crippen LogP contribution in [0.1, 0.15) is 0 Å². The van der Waals surface area contributed by atoms with Gasteiger partial charge in [0.15, 0.2) is 12.7 Å². The van der Waals surface area contributed by atoms with Gasteiger partial charge in [0.2, 0.25) is 0 Å². The van der Waals surface area contributed by atoms with Crippen molar-refractivity contribution in [1.82, 2.24) is 5.32 Å². The Morgan fingerprint density at radius 3 is 2.60 bits per heavy atom. The second-order valence-corrected chi connectivity index (χ2v) is 4.55. The largest absolute Gasteiger partial charge is 0.484 e. The third-order valence-corrected chi connectivity index (χ3v) is 3.04. The molecule has 0 bridgehead atoms. The van der Waals surface area contributed by atoms with E-state index in [9.17, 15) is 9.59 Å². The number of methoxy groups -OCH3 is 1. The Hall–Kier alpha value is -1.50. The molecular formula is C12H13Cl2NO5. The molecule has 0 radical (unpaired) electrons. The van der Waals surface area contributed by atoms with Gasteiger partial charge in [-0.05, 0) is 12.1 Å². The fourth-order valence-electron chi connectivity index (χ4n) is 1.24. The molecule has 0 saturated carbocycles. The first kappa shape index (κ1) is 16.6. The Labute approximate surface area is 125 Å². The average molecular weight is 322 g/mol. The van der Waals surface area contributed by atoms with Crippen molar-refractivity contribution in [2.24, 2.45) is 0 Å². The minimum Gasteiger partial charge on any atom is -0.484 e. The van der Waals surface area contributed by atoms with E-state index in [2.05, 4.69) is 10.1 Å². The fraction of sp³-hybridized carbons (Fsp3) is 0.333. The highest BCUT2D eigenvalue weighted by molar-refractivity contribution is 6.42. The van der Waals surface area contributed by atoms with Crippen LogP contribution >= 0.6 is 23.2 Å². The molecule has 0 aliphatic rings. The van der Waals surface area contributed by atoms with Crippen molar-refractivity contribution in [3.05, 3.63) is 28.2 Å². The van der Waals surface area contributed by atoms with E-state index in [0.717, 1.165) is 0 Å². The van der Waals surface area contributed by atoms with Gasteiger partial charge < -0.3 is 19.9 Å². The van der Waals surface area contributed by atoms with Gasteiger partial charge in [-0.1, -0.05) is 23.2 Å². The molecule has 1 aromatic rings. The van der Waals surface area contributed by atoms with E-state index in [1.165, 1.54) is 13.2 Å². The molecule has 0 heterocycles. The molecule has 2 N–H and O–H groups in total. The van der Waals surface area contributed by atoms with E-state index in [4.69, 9.17) is 33.0 Å². The number of ether oxygens (including phenoxy) is 2. The van der Waals surface area contributed by atoms with Gasteiger partial charge in [0.05, 0.1) is 16.6 Å². The number of halogens is 2. The van der Waals surface area contributed by atoms with Crippen molar-refractivity contribution < 1.29 is 24.2 Å². The van der Waals surface area contributed by atoms with Gasteiger partial charge in [-0.3, -0.25) is 4.79 Å². The molecular weight excluding hydrogens is 309 g/mol. The molecule has 1 aromatic carbocycles. The molecule has 0 aliphatic carbocycles. The van der Waals surface area contributed by atoms with Crippen LogP contribution in [-0.4, -0.2) is 43.3 Å². The summed E-state index contributed by atoms with van der Waals surface area (Å²) in [4.78, 5) is 22.1. The number of nitrogens with one attached hydrogen (secondary N) is 1. The molecule has 8 heteroatoms. The Bertz CT molecular complexity index is 495. The van der Waals surface area contributed by atoms with Gasteiger partial charge in [-0.2, -0.15) is 0 Å². The predicted molar refractivity (Wildman–Crippen MR) is 73.4 cm³/mol. The van der Waals surface area contributed by atoms with Gasteiger partial charge in [-0.25, -0.2) is 4.79 Å². The highest BCUT2D eigenvalue weighted by atomic mass is 35.5. The molecule has 1 unspecified atom stereocenters. The van der Waals surface area contributed by atoms with E-state index in [1.807, 2.05) is 0 Å². The number of carboxylic acids is 1. The van der Waals surface area contributed by atoms with Crippen molar-refractivity contribution in [2.75, 3.05) is 20.3 Å². The van der Waals surface area contributed by atoms with E-state index in [0.29, 0.717) is 15.8 Å². The monoisotopic (exact) mass is 321 g/mol. The van der Waals surface area contributed by atoms with Gasteiger partial charge in [0.25, 0.3) is 5.91 Å². The first-order valence-corrected chi connectivity index (χ1v) is 6.29. The number of carbonyl (C=O) groups excluding carboxylic acids is 1. The van der Waals surface area contributed by atoms with Crippen LogP contribution in [0.15, 0.2) is 18.2 Å². The number of rotatable bonds is 7. The van der Waals surface area contributed by atoms with Crippen molar-refractivity contribution >= 4 is 35.1 Å². The molecule has 20 heavy (non-hydrogen) atoms. The maximum Gasteiger partial charge on any atom is 0.334 e. The lowest BCUT2D eigenvalue weighted by atomic mass is 10.3. The highest BCUT2D eigenvalue weighted by Crippen LogP contribution is 2.26. The minimum atomic E-state index is -1.15. The van der Waals surface area contributed by atoms with Gasteiger partial charge in [0, 0.05) is 13.2 Å². The highest BCUT2D eigenvalue weighted by Gasteiger charge is 2.17. The minimum absolute atomic E-state index is 0.143. The SMILES string of the molecule is COC(CNC(=O)COc1ccc(Cl)c(Cl)c1)C(=O)O. The molecule has 0 saturated heterocycles. The number of carbonyl (C=O) groups is 2. The summed E-state index contributed by atoms with van der Waals surface area (Å²) in [5, 5.41) is 11.8. The second kappa shape index (κ2) is 7.94. The van der Waals surface area contributed by atoms with Gasteiger partial charge in [0.1, 0.15) is 5.75 Å². The summed E-state index contributed by atoms with van der Waals surface area (Å²) in [5.74, 6) is -1.24. The van der Waals surface area contributed by atoms with Crippen LogP contribution in [0.4, 0.5) is 0 Å². The number of hydrogen-bond donors (Lipinski definition) is 2. The summed E-state index contributed by atoms with van der Waals surface area (Å²) in [7, 11) is 1.25. The van der Waals surface area contributed by atoms with E-state index >= 15 is 0 Å². The van der Waals surface area contributed by atoms with Crippen LogP contribution in [0.5, 0.6) is 5.75 Å². The van der Waals surface area contributed by atoms with E-state index < -0.39 is 18.0 Å². The third kappa shape index (κ3) is 5.24. The molecule has 0 fully saturated rings. The number of amides is 1. The number of benzene rings is 1. The Morgan fingerprint density at radius 2 is 2.05 bits per heavy atom. The molecule has 0 aromatic heterocycles. The molecule has 6 nitrogen and oxygen atoms in total. The predicted octanol–water partition coefficient (Wildman–Crippen LogP) is 1.59. The van der Waals surface area contributed by atoms with Crippen LogP contribution in [0.3, 0.4) is 0 Å². The van der Waals surface area contributed by atoms with Crippen molar-refractivity contribution in [1.29, 1.82) is 0 Å². The molecule has 1 atom stereocenters. The zero-order chi connectivity index (χ0) is 15.1. The fourth-order valence-corrected chi connectivity index (χ4v) is 1.53. The number of hydrogen-bond acceptors (Lipinski definition) is 4. The van der Waals surface area contributed by atoms with E-state index in [1.54, 1.807) is 12.1 Å². The Balaban J connectivity index is 2.39. The first-order valence-electron chi connectivity index (χ1n) is 5.54. The summed E-state index contributed by atoms with van der Waals surface area (Å²) in [6, 6.07) is 4.59. The first-order chi connectivity index (χ1) is 9.43. The van der Waals surface area contributed by atoms with E-state index in [-0.39, 0.29) is 13.2 Å². The summed E-state index contributed by atoms with van der Waals surface area (Å²) in [6.45, 7) is -0.413. The second-order valence-electron chi connectivity index (χ2n) is 3.73. The zero-order valence-corrected chi connectivity index (χ0v) is 12.1. The molecule has 110 valence electrons. The van der Waals surface area contributed by atoms with Crippen LogP contribution in [0, 0.1) is 0 Å². The lowest BCUT2D eigenvalue weighted by molar-refractivity contribution is -0.148. The summed E-state index contributed by atoms with van der Waals surface area (Å²) < 4.78 is 9.85. The summed E-state index contributed by atoms with van der Waals surface area (Å²) >= 11 is 11.5. The average Bonchev–Trinajstić information content (AvgIpc) is 2.40. The normalized spacial score (nSPS) is 11.8. The Morgan fingerprint density at radius 1 is 1.35 bits per heavy atom. The zero-order valence-electron chi connectivity index (χ0n) is 10.6. The number of carboxylic acid groups (broad SMARTS) is 1. The van der Waals surface area contributed by atoms with Gasteiger partial charge in [-0.15, -0.1) is 0 Å². The van der Waals surface area contributed by atoms with Crippen LogP contribution < -0.4 is 10.1 Å². The standard InChI is InChI=1S/C12H13Cl2NO5/c1-19-10(12(17)18)5-15-11(16)6-20-7-2-3-8(13)9(14)4-7/h2-4,10H,5-6H2,1H3,(H,15,16)(H,17,18). The van der Waals surface area contributed by atoms with Crippen molar-refractivity contribution in [2.45, 2.75) is 6.10 Å². The molecule has 0 aliphatic heterocycles. The van der Waals surface area contributed by atoms with Gasteiger partial charge >= 0.3 is 5.97 Å². The van der Waals surface area contributed by atoms with Crippen LogP contribution in [0.25, 0.3) is 0 Å². The topological polar surface area (TPSA) is 84.9 Å². The lowest BCUT2D eigenvalue weighted by Crippen LogP contribution is -2.39. The van der Waals surface area contributed by atoms with Crippen molar-refractivity contribution in [3.63, 3.8) is 0 Å². The third-order valence-electron chi connectivity index (χ3n) is 2.31. The Kier molecular flexibility index (Phi) is 6.57. The van der Waals surface area contributed by atoms with Crippen LogP contribution in [-0.2, 0) is 14.3 Å². The maximum absolute atomic E-state index is 11.5. The maximum atomic E-state index is 11.5. The molecule has 1 rings (SSSR count). The van der Waals surface area contributed by atoms with Crippen molar-refractivity contribution in [3.8, 4) is 5.75 Å². The van der Waals surface area contributed by atoms with Crippen LogP contribution in [0.2, 0.25) is 10.0 Å². The molecule has 0 spiro atoms. The lowest BCUT2D eigenvalue weighted by Gasteiger charge is -2.12. The summed E-state index contributed by atoms with van der Waals surface area (Å²) in [6.07, 6.45) is -1.09. The number of aliphatic carboxylic acids is 1. The molecule has 1 amide bonds. The quantitative estimate of drug-likeness (QED) is 0.796. The summed E-state index contributed by atoms with van der Waals surface area (Å²) in [5.41, 5.74) is 0. The smallest absolute Gasteiger partial charge is 0.334 e.